The molecule has 2 aromatic carbocycles. The van der Waals surface area contributed by atoms with Crippen LogP contribution in [0.25, 0.3) is 10.9 Å². The number of hydrogen-bond acceptors (Lipinski definition) is 4. The van der Waals surface area contributed by atoms with Crippen molar-refractivity contribution >= 4 is 34.1 Å². The van der Waals surface area contributed by atoms with E-state index in [1.807, 2.05) is 67.4 Å². The number of hydrogen-bond donors (Lipinski definition) is 1. The van der Waals surface area contributed by atoms with Crippen LogP contribution in [0, 0.1) is 6.92 Å². The van der Waals surface area contributed by atoms with Crippen LogP contribution >= 0.6 is 11.6 Å². The number of ether oxygens (including phenoxy) is 1. The first-order valence-corrected chi connectivity index (χ1v) is 9.00. The van der Waals surface area contributed by atoms with Gasteiger partial charge in [-0.1, -0.05) is 29.3 Å². The zero-order valence-electron chi connectivity index (χ0n) is 15.6. The van der Waals surface area contributed by atoms with E-state index in [1.165, 1.54) is 0 Å². The molecule has 1 heterocycles. The van der Waals surface area contributed by atoms with Gasteiger partial charge in [0.2, 0.25) is 5.91 Å². The van der Waals surface area contributed by atoms with E-state index in [-0.39, 0.29) is 12.5 Å². The van der Waals surface area contributed by atoms with Crippen molar-refractivity contribution in [3.63, 3.8) is 0 Å². The molecule has 0 saturated carbocycles. The highest BCUT2D eigenvalue weighted by molar-refractivity contribution is 6.30. The van der Waals surface area contributed by atoms with Crippen molar-refractivity contribution in [1.82, 2.24) is 9.88 Å². The Morgan fingerprint density at radius 2 is 1.93 bits per heavy atom. The van der Waals surface area contributed by atoms with Gasteiger partial charge in [0.25, 0.3) is 0 Å². The number of carbonyl (C=O) groups excluding carboxylic acids is 1. The van der Waals surface area contributed by atoms with E-state index in [2.05, 4.69) is 10.3 Å². The van der Waals surface area contributed by atoms with Crippen LogP contribution in [0.3, 0.4) is 0 Å². The highest BCUT2D eigenvalue weighted by Crippen LogP contribution is 2.25. The molecule has 27 heavy (non-hydrogen) atoms. The fourth-order valence-electron chi connectivity index (χ4n) is 2.83. The average Bonchev–Trinajstić information content (AvgIpc) is 2.63. The number of amides is 1. The minimum atomic E-state index is -0.0732. The van der Waals surface area contributed by atoms with E-state index >= 15 is 0 Å². The number of carbonyl (C=O) groups is 1. The van der Waals surface area contributed by atoms with Crippen LogP contribution in [-0.4, -0.2) is 36.5 Å². The Morgan fingerprint density at radius 1 is 1.19 bits per heavy atom. The number of nitrogens with zero attached hydrogens (tertiary/aromatic N) is 2. The number of fused-ring (bicyclic) bond motifs is 1. The minimum absolute atomic E-state index is 0.0732. The lowest BCUT2D eigenvalue weighted by molar-refractivity contribution is -0.117. The quantitative estimate of drug-likeness (QED) is 0.645. The molecule has 0 spiro atoms. The fraction of sp³-hybridized carbons (Fsp3) is 0.238. The maximum absolute atomic E-state index is 12.3. The van der Waals surface area contributed by atoms with Gasteiger partial charge >= 0.3 is 0 Å². The van der Waals surface area contributed by atoms with E-state index in [0.717, 1.165) is 33.5 Å². The van der Waals surface area contributed by atoms with E-state index in [9.17, 15) is 4.79 Å². The lowest BCUT2D eigenvalue weighted by Gasteiger charge is -2.17. The summed E-state index contributed by atoms with van der Waals surface area (Å²) in [5.41, 5.74) is 3.60. The predicted octanol–water partition coefficient (Wildman–Crippen LogP) is 4.28. The van der Waals surface area contributed by atoms with Crippen LogP contribution in [-0.2, 0) is 11.3 Å². The van der Waals surface area contributed by atoms with Crippen LogP contribution in [0.5, 0.6) is 5.75 Å². The standard InChI is InChI=1S/C21H22ClN3O2/c1-14-4-7-17(8-5-14)23-20(26)13-25(2)12-16-10-15-6-9-18(27-3)11-19(15)24-21(16)22/h4-11H,12-13H2,1-3H3,(H,23,26). The van der Waals surface area contributed by atoms with Crippen molar-refractivity contribution in [2.75, 3.05) is 26.0 Å². The molecule has 0 atom stereocenters. The molecule has 0 radical (unpaired) electrons. The molecule has 0 unspecified atom stereocenters. The molecule has 0 saturated heterocycles. The Morgan fingerprint density at radius 3 is 2.63 bits per heavy atom. The summed E-state index contributed by atoms with van der Waals surface area (Å²) < 4.78 is 5.22. The van der Waals surface area contributed by atoms with Gasteiger partial charge in [0.15, 0.2) is 0 Å². The molecule has 1 aromatic heterocycles. The van der Waals surface area contributed by atoms with Gasteiger partial charge in [-0.2, -0.15) is 0 Å². The van der Waals surface area contributed by atoms with Gasteiger partial charge in [0.1, 0.15) is 10.9 Å². The zero-order chi connectivity index (χ0) is 19.4. The second-order valence-corrected chi connectivity index (χ2v) is 6.94. The summed E-state index contributed by atoms with van der Waals surface area (Å²) >= 11 is 6.34. The van der Waals surface area contributed by atoms with Crippen LogP contribution in [0.1, 0.15) is 11.1 Å². The Hall–Kier alpha value is -2.63. The second kappa shape index (κ2) is 8.37. The summed E-state index contributed by atoms with van der Waals surface area (Å²) in [6.45, 7) is 2.79. The summed E-state index contributed by atoms with van der Waals surface area (Å²) in [6.07, 6.45) is 0. The SMILES string of the molecule is COc1ccc2cc(CN(C)CC(=O)Nc3ccc(C)cc3)c(Cl)nc2c1. The maximum Gasteiger partial charge on any atom is 0.238 e. The van der Waals surface area contributed by atoms with Crippen LogP contribution < -0.4 is 10.1 Å². The van der Waals surface area contributed by atoms with Gasteiger partial charge in [-0.05, 0) is 44.3 Å². The highest BCUT2D eigenvalue weighted by Gasteiger charge is 2.12. The van der Waals surface area contributed by atoms with Crippen LogP contribution in [0.2, 0.25) is 5.15 Å². The second-order valence-electron chi connectivity index (χ2n) is 6.58. The lowest BCUT2D eigenvalue weighted by atomic mass is 10.1. The monoisotopic (exact) mass is 383 g/mol. The van der Waals surface area contributed by atoms with E-state index in [1.54, 1.807) is 7.11 Å². The van der Waals surface area contributed by atoms with Crippen LogP contribution in [0.4, 0.5) is 5.69 Å². The molecule has 140 valence electrons. The largest absolute Gasteiger partial charge is 0.497 e. The summed E-state index contributed by atoms with van der Waals surface area (Å²) in [7, 11) is 3.50. The summed E-state index contributed by atoms with van der Waals surface area (Å²) in [4.78, 5) is 18.6. The third-order valence-electron chi connectivity index (χ3n) is 4.24. The Balaban J connectivity index is 1.66. The van der Waals surface area contributed by atoms with Gasteiger partial charge in [-0.15, -0.1) is 0 Å². The first-order valence-electron chi connectivity index (χ1n) is 8.63. The molecule has 5 nitrogen and oxygen atoms in total. The van der Waals surface area contributed by atoms with Gasteiger partial charge in [-0.3, -0.25) is 9.69 Å². The molecule has 3 rings (SSSR count). The number of rotatable bonds is 6. The number of halogens is 1. The number of anilines is 1. The number of likely N-dealkylation sites (N-methyl/N-ethyl adjacent to an activating group) is 1. The van der Waals surface area contributed by atoms with Crippen molar-refractivity contribution in [1.29, 1.82) is 0 Å². The first-order chi connectivity index (χ1) is 12.9. The fourth-order valence-corrected chi connectivity index (χ4v) is 3.04. The third kappa shape index (κ3) is 4.96. The highest BCUT2D eigenvalue weighted by atomic mass is 35.5. The number of nitrogens with one attached hydrogen (secondary N) is 1. The molecule has 0 aliphatic rings. The number of benzene rings is 2. The summed E-state index contributed by atoms with van der Waals surface area (Å²) in [5.74, 6) is 0.666. The first kappa shape index (κ1) is 19.1. The Bertz CT molecular complexity index is 958. The summed E-state index contributed by atoms with van der Waals surface area (Å²) in [5, 5.41) is 4.31. The van der Waals surface area contributed by atoms with E-state index in [0.29, 0.717) is 11.7 Å². The molecule has 0 aliphatic heterocycles. The van der Waals surface area contributed by atoms with Crippen molar-refractivity contribution < 1.29 is 9.53 Å². The van der Waals surface area contributed by atoms with Crippen molar-refractivity contribution in [3.05, 3.63) is 64.8 Å². The molecular formula is C21H22ClN3O2. The molecule has 1 N–H and O–H groups in total. The molecule has 1 amide bonds. The molecule has 0 bridgehead atoms. The number of pyridine rings is 1. The summed E-state index contributed by atoms with van der Waals surface area (Å²) in [6, 6.07) is 15.4. The smallest absolute Gasteiger partial charge is 0.238 e. The Kier molecular flexibility index (Phi) is 5.94. The van der Waals surface area contributed by atoms with Crippen LogP contribution in [0.15, 0.2) is 48.5 Å². The van der Waals surface area contributed by atoms with E-state index < -0.39 is 0 Å². The van der Waals surface area contributed by atoms with Crippen molar-refractivity contribution in [2.24, 2.45) is 0 Å². The minimum Gasteiger partial charge on any atom is -0.497 e. The lowest BCUT2D eigenvalue weighted by Crippen LogP contribution is -2.30. The van der Waals surface area contributed by atoms with Gasteiger partial charge < -0.3 is 10.1 Å². The van der Waals surface area contributed by atoms with Crippen molar-refractivity contribution in [3.8, 4) is 5.75 Å². The third-order valence-corrected chi connectivity index (χ3v) is 4.57. The normalized spacial score (nSPS) is 11.0. The molecular weight excluding hydrogens is 362 g/mol. The molecule has 0 aliphatic carbocycles. The average molecular weight is 384 g/mol. The van der Waals surface area contributed by atoms with E-state index in [4.69, 9.17) is 16.3 Å². The zero-order valence-corrected chi connectivity index (χ0v) is 16.4. The maximum atomic E-state index is 12.3. The van der Waals surface area contributed by atoms with Gasteiger partial charge in [-0.25, -0.2) is 4.98 Å². The molecule has 3 aromatic rings. The van der Waals surface area contributed by atoms with Crippen molar-refractivity contribution in [2.45, 2.75) is 13.5 Å². The van der Waals surface area contributed by atoms with Gasteiger partial charge in [0, 0.05) is 29.2 Å². The number of methoxy groups -OCH3 is 1. The predicted molar refractivity (Wildman–Crippen MR) is 109 cm³/mol. The number of aryl methyl sites for hydroxylation is 1. The molecule has 6 heteroatoms. The molecule has 0 fully saturated rings. The topological polar surface area (TPSA) is 54.5 Å². The number of aromatic nitrogens is 1. The van der Waals surface area contributed by atoms with Gasteiger partial charge in [0.05, 0.1) is 19.2 Å². The Labute approximate surface area is 163 Å².